The molecule has 3 saturated carbocycles. The molecule has 1 heterocycles. The number of carbonyl (C=O) groups is 1. The number of ether oxygens (including phenoxy) is 4. The van der Waals surface area contributed by atoms with Crippen molar-refractivity contribution in [3.63, 3.8) is 0 Å². The Morgan fingerprint density at radius 2 is 1.54 bits per heavy atom. The predicted molar refractivity (Wildman–Crippen MR) is 272 cm³/mol. The lowest BCUT2D eigenvalue weighted by atomic mass is 9.47. The van der Waals surface area contributed by atoms with Crippen LogP contribution in [0.25, 0.3) is 0 Å². The highest BCUT2D eigenvalue weighted by atomic mass is 16.6. The van der Waals surface area contributed by atoms with Crippen molar-refractivity contribution in [2.45, 2.75) is 221 Å². The normalized spacial score (nSPS) is 29.2. The molecule has 4 fully saturated rings. The molecular weight excluding hydrogens is 805 g/mol. The number of amides is 1. The van der Waals surface area contributed by atoms with E-state index in [0.717, 1.165) is 93.9 Å². The quantitative estimate of drug-likeness (QED) is 0.0536. The highest BCUT2D eigenvalue weighted by Crippen LogP contribution is 2.67. The molecule has 0 aromatic rings. The molecule has 0 radical (unpaired) electrons. The molecule has 9 atom stereocenters. The van der Waals surface area contributed by atoms with Crippen LogP contribution in [-0.2, 0) is 18.9 Å². The van der Waals surface area contributed by atoms with Crippen LogP contribution < -0.4 is 5.32 Å². The van der Waals surface area contributed by atoms with Crippen LogP contribution in [0.15, 0.2) is 36.0 Å². The minimum absolute atomic E-state index is 0.0316. The molecule has 0 bridgehead atoms. The largest absolute Gasteiger partial charge is 0.446 e. The van der Waals surface area contributed by atoms with E-state index in [9.17, 15) is 4.79 Å². The molecule has 0 aromatic heterocycles. The van der Waals surface area contributed by atoms with Crippen molar-refractivity contribution in [3.8, 4) is 0 Å². The van der Waals surface area contributed by atoms with Crippen molar-refractivity contribution >= 4 is 6.09 Å². The second-order valence-electron chi connectivity index (χ2n) is 22.6. The first kappa shape index (κ1) is 54.3. The van der Waals surface area contributed by atoms with Crippen molar-refractivity contribution in [1.29, 1.82) is 0 Å². The number of rotatable bonds is 32. The number of piperidine rings is 1. The van der Waals surface area contributed by atoms with Crippen molar-refractivity contribution < 1.29 is 23.7 Å². The summed E-state index contributed by atoms with van der Waals surface area (Å²) in [5.41, 5.74) is 2.35. The van der Waals surface area contributed by atoms with Crippen molar-refractivity contribution in [1.82, 2.24) is 10.2 Å². The Morgan fingerprint density at radius 1 is 0.785 bits per heavy atom. The fourth-order valence-corrected chi connectivity index (χ4v) is 13.5. The Morgan fingerprint density at radius 3 is 2.31 bits per heavy atom. The molecule has 1 aliphatic heterocycles. The molecule has 1 N–H and O–H groups in total. The van der Waals surface area contributed by atoms with Crippen molar-refractivity contribution in [3.05, 3.63) is 36.0 Å². The number of hydrogen-bond acceptors (Lipinski definition) is 6. The molecule has 4 aliphatic carbocycles. The number of likely N-dealkylation sites (tertiary alicyclic amines) is 1. The maximum Gasteiger partial charge on any atom is 0.407 e. The van der Waals surface area contributed by atoms with E-state index in [0.29, 0.717) is 38.4 Å². The SMILES string of the molecule is CCCCC/C=C\C/C=C\CCCCCCCCOCC(CN1CCCCC1)OCCOCCNC(=O)O[C@H]1CC[C@@]2(C)C(=CCC3C2CC[C@@]2(C)C3CC[C@@H]2[C@H](C)CCCC(C)C)C1. The highest BCUT2D eigenvalue weighted by Gasteiger charge is 2.59. The third kappa shape index (κ3) is 18.0. The minimum Gasteiger partial charge on any atom is -0.446 e. The zero-order valence-electron chi connectivity index (χ0n) is 43.2. The molecule has 0 spiro atoms. The van der Waals surface area contributed by atoms with Crippen LogP contribution in [0.1, 0.15) is 208 Å². The zero-order chi connectivity index (χ0) is 46.2. The fraction of sp³-hybridized carbons (Fsp3) is 0.879. The van der Waals surface area contributed by atoms with Gasteiger partial charge in [0.25, 0.3) is 0 Å². The van der Waals surface area contributed by atoms with Gasteiger partial charge in [0.2, 0.25) is 0 Å². The number of carbonyl (C=O) groups excluding carboxylic acids is 1. The zero-order valence-corrected chi connectivity index (χ0v) is 43.2. The topological polar surface area (TPSA) is 69.3 Å². The molecule has 5 aliphatic rings. The van der Waals surface area contributed by atoms with E-state index in [1.54, 1.807) is 5.57 Å². The summed E-state index contributed by atoms with van der Waals surface area (Å²) in [7, 11) is 0. The molecule has 0 aromatic carbocycles. The molecule has 5 rings (SSSR count). The monoisotopic (exact) mass is 907 g/mol. The average molecular weight is 907 g/mol. The third-order valence-electron chi connectivity index (χ3n) is 17.3. The smallest absolute Gasteiger partial charge is 0.407 e. The summed E-state index contributed by atoms with van der Waals surface area (Å²) < 4.78 is 24.5. The molecule has 1 amide bonds. The number of fused-ring (bicyclic) bond motifs is 5. The Bertz CT molecular complexity index is 1390. The Balaban J connectivity index is 0.903. The number of allylic oxidation sites excluding steroid dienone is 5. The summed E-state index contributed by atoms with van der Waals surface area (Å²) >= 11 is 0. The van der Waals surface area contributed by atoms with E-state index in [1.165, 1.54) is 135 Å². The molecule has 374 valence electrons. The summed E-state index contributed by atoms with van der Waals surface area (Å²) in [6.07, 6.45) is 44.7. The molecule has 1 saturated heterocycles. The fourth-order valence-electron chi connectivity index (χ4n) is 13.5. The van der Waals surface area contributed by atoms with Gasteiger partial charge in [-0.3, -0.25) is 0 Å². The van der Waals surface area contributed by atoms with E-state index >= 15 is 0 Å². The number of alkyl carbamates (subject to hydrolysis) is 1. The van der Waals surface area contributed by atoms with Crippen LogP contribution in [-0.4, -0.2) is 82.4 Å². The molecule has 7 nitrogen and oxygen atoms in total. The molecule has 4 unspecified atom stereocenters. The molecule has 7 heteroatoms. The predicted octanol–water partition coefficient (Wildman–Crippen LogP) is 14.8. The second kappa shape index (κ2) is 30.0. The lowest BCUT2D eigenvalue weighted by molar-refractivity contribution is -0.0583. The van der Waals surface area contributed by atoms with Gasteiger partial charge in [-0.25, -0.2) is 4.79 Å². The van der Waals surface area contributed by atoms with Crippen LogP contribution in [0, 0.1) is 46.3 Å². The molecular formula is C58H102N2O5. The van der Waals surface area contributed by atoms with Crippen LogP contribution in [0.3, 0.4) is 0 Å². The van der Waals surface area contributed by atoms with Gasteiger partial charge in [-0.1, -0.05) is 142 Å². The summed E-state index contributed by atoms with van der Waals surface area (Å²) in [5.74, 6) is 5.05. The van der Waals surface area contributed by atoms with Gasteiger partial charge in [0, 0.05) is 26.1 Å². The van der Waals surface area contributed by atoms with Crippen molar-refractivity contribution in [2.75, 3.05) is 59.2 Å². The van der Waals surface area contributed by atoms with E-state index in [4.69, 9.17) is 18.9 Å². The van der Waals surface area contributed by atoms with E-state index in [1.807, 2.05) is 0 Å². The van der Waals surface area contributed by atoms with E-state index < -0.39 is 0 Å². The third-order valence-corrected chi connectivity index (χ3v) is 17.3. The van der Waals surface area contributed by atoms with Crippen LogP contribution in [0.4, 0.5) is 4.79 Å². The number of unbranched alkanes of at least 4 members (excludes halogenated alkanes) is 9. The average Bonchev–Trinajstić information content (AvgIpc) is 3.66. The van der Waals surface area contributed by atoms with Gasteiger partial charge >= 0.3 is 6.09 Å². The van der Waals surface area contributed by atoms with Crippen molar-refractivity contribution in [2.24, 2.45) is 46.3 Å². The van der Waals surface area contributed by atoms with Gasteiger partial charge < -0.3 is 29.2 Å². The lowest BCUT2D eigenvalue weighted by Gasteiger charge is -2.58. The first-order valence-electron chi connectivity index (χ1n) is 28.1. The second-order valence-corrected chi connectivity index (χ2v) is 22.6. The Hall–Kier alpha value is -1.67. The maximum atomic E-state index is 12.9. The number of hydrogen-bond donors (Lipinski definition) is 1. The highest BCUT2D eigenvalue weighted by molar-refractivity contribution is 5.67. The Labute approximate surface area is 400 Å². The first-order valence-corrected chi connectivity index (χ1v) is 28.1. The summed E-state index contributed by atoms with van der Waals surface area (Å²) in [4.78, 5) is 15.5. The van der Waals surface area contributed by atoms with Gasteiger partial charge in [-0.05, 0) is 156 Å². The molecule has 65 heavy (non-hydrogen) atoms. The Kier molecular flexibility index (Phi) is 25.1. The van der Waals surface area contributed by atoms with E-state index in [-0.39, 0.29) is 23.7 Å². The summed E-state index contributed by atoms with van der Waals surface area (Å²) in [6, 6.07) is 0. The maximum absolute atomic E-state index is 12.9. The van der Waals surface area contributed by atoms with Crippen LogP contribution in [0.5, 0.6) is 0 Å². The van der Waals surface area contributed by atoms with Gasteiger partial charge in [-0.2, -0.15) is 0 Å². The standard InChI is InChI=1S/C58H102N2O5/c1-7-8-9-10-11-12-13-14-15-16-17-18-19-20-21-25-40-63-46-51(45-60-38-23-22-24-39-60)64-43-42-62-41-37-59-56(61)65-50-33-35-57(5)49(44-50)29-30-52-54-32-31-53(48(4)28-26-27-47(2)3)58(54,6)36-34-55(52)57/h11-12,14-15,29,47-48,50-55H,7-10,13,16-28,30-46H2,1-6H3,(H,59,61)/b12-11-,15-14-/t48-,50+,51?,52?,53-,54?,55?,57+,58-/m1/s1. The van der Waals surface area contributed by atoms with Gasteiger partial charge in [0.15, 0.2) is 0 Å². The lowest BCUT2D eigenvalue weighted by Crippen LogP contribution is -2.51. The van der Waals surface area contributed by atoms with E-state index in [2.05, 4.69) is 82.1 Å². The van der Waals surface area contributed by atoms with Gasteiger partial charge in [0.05, 0.1) is 32.5 Å². The number of nitrogens with one attached hydrogen (secondary N) is 1. The van der Waals surface area contributed by atoms with Crippen LogP contribution >= 0.6 is 0 Å². The number of nitrogens with zero attached hydrogens (tertiary/aromatic N) is 1. The summed E-state index contributed by atoms with van der Waals surface area (Å²) in [6.45, 7) is 21.5. The van der Waals surface area contributed by atoms with Crippen LogP contribution in [0.2, 0.25) is 0 Å². The summed E-state index contributed by atoms with van der Waals surface area (Å²) in [5, 5.41) is 2.97. The van der Waals surface area contributed by atoms with Gasteiger partial charge in [-0.15, -0.1) is 0 Å². The minimum atomic E-state index is -0.306. The first-order chi connectivity index (χ1) is 31.6. The van der Waals surface area contributed by atoms with Gasteiger partial charge in [0.1, 0.15) is 6.10 Å².